The van der Waals surface area contributed by atoms with Gasteiger partial charge >= 0.3 is 11.4 Å². The molecule has 0 fully saturated rings. The number of hydrogen-bond donors (Lipinski definition) is 1. The van der Waals surface area contributed by atoms with Gasteiger partial charge in [-0.2, -0.15) is 0 Å². The standard InChI is InChI=1S/C17H19N3O2/c1-11-8-9-12(2)14(10-11)13-6-4-5-7-15(13)20-17(22)19(3)16(21)18-20/h4-10,13,15H,1-3H3,(H,18,21)/t13-,15+/m1/s1. The van der Waals surface area contributed by atoms with Gasteiger partial charge in [0.2, 0.25) is 0 Å². The fourth-order valence-electron chi connectivity index (χ4n) is 2.93. The molecular formula is C17H19N3O2. The predicted octanol–water partition coefficient (Wildman–Crippen LogP) is 1.94. The first-order valence-corrected chi connectivity index (χ1v) is 7.28. The van der Waals surface area contributed by atoms with Gasteiger partial charge in [0.05, 0.1) is 6.04 Å². The summed E-state index contributed by atoms with van der Waals surface area (Å²) in [5, 5.41) is 2.64. The molecular weight excluding hydrogens is 278 g/mol. The number of aryl methyl sites for hydroxylation is 2. The third-order valence-electron chi connectivity index (χ3n) is 4.21. The summed E-state index contributed by atoms with van der Waals surface area (Å²) in [4.78, 5) is 24.0. The fourth-order valence-corrected chi connectivity index (χ4v) is 2.93. The third-order valence-corrected chi connectivity index (χ3v) is 4.21. The highest BCUT2D eigenvalue weighted by Gasteiger charge is 2.26. The summed E-state index contributed by atoms with van der Waals surface area (Å²) in [7, 11) is 1.48. The Morgan fingerprint density at radius 1 is 1.09 bits per heavy atom. The Morgan fingerprint density at radius 2 is 1.82 bits per heavy atom. The van der Waals surface area contributed by atoms with E-state index < -0.39 is 5.69 Å². The summed E-state index contributed by atoms with van der Waals surface area (Å²) in [5.74, 6) is 0.0145. The average molecular weight is 297 g/mol. The van der Waals surface area contributed by atoms with Gasteiger partial charge in [-0.15, -0.1) is 0 Å². The Labute approximate surface area is 128 Å². The van der Waals surface area contributed by atoms with Crippen molar-refractivity contribution in [1.82, 2.24) is 14.3 Å². The van der Waals surface area contributed by atoms with Crippen LogP contribution >= 0.6 is 0 Å². The van der Waals surface area contributed by atoms with Crippen molar-refractivity contribution in [2.75, 3.05) is 0 Å². The molecule has 0 bridgehead atoms. The lowest BCUT2D eigenvalue weighted by Crippen LogP contribution is -2.30. The van der Waals surface area contributed by atoms with Gasteiger partial charge in [-0.1, -0.05) is 48.1 Å². The van der Waals surface area contributed by atoms with E-state index in [0.29, 0.717) is 0 Å². The molecule has 0 spiro atoms. The number of nitrogens with one attached hydrogen (secondary N) is 1. The molecule has 114 valence electrons. The lowest BCUT2D eigenvalue weighted by molar-refractivity contribution is 0.471. The molecule has 1 aliphatic carbocycles. The van der Waals surface area contributed by atoms with Gasteiger partial charge in [0.1, 0.15) is 0 Å². The van der Waals surface area contributed by atoms with E-state index in [4.69, 9.17) is 0 Å². The molecule has 1 aromatic heterocycles. The van der Waals surface area contributed by atoms with E-state index in [1.807, 2.05) is 18.2 Å². The van der Waals surface area contributed by atoms with Gasteiger partial charge in [0, 0.05) is 13.0 Å². The van der Waals surface area contributed by atoms with Crippen molar-refractivity contribution in [3.63, 3.8) is 0 Å². The van der Waals surface area contributed by atoms with Crippen LogP contribution in [-0.2, 0) is 7.05 Å². The fraction of sp³-hybridized carbons (Fsp3) is 0.294. The Kier molecular flexibility index (Phi) is 3.48. The molecule has 1 heterocycles. The Bertz CT molecular complexity index is 880. The van der Waals surface area contributed by atoms with E-state index in [9.17, 15) is 9.59 Å². The summed E-state index contributed by atoms with van der Waals surface area (Å²) in [6, 6.07) is 6.08. The van der Waals surface area contributed by atoms with Crippen molar-refractivity contribution in [3.8, 4) is 0 Å². The van der Waals surface area contributed by atoms with Crippen molar-refractivity contribution in [1.29, 1.82) is 0 Å². The molecule has 2 aromatic rings. The summed E-state index contributed by atoms with van der Waals surface area (Å²) >= 11 is 0. The molecule has 5 heteroatoms. The van der Waals surface area contributed by atoms with Crippen LogP contribution in [0.4, 0.5) is 0 Å². The predicted molar refractivity (Wildman–Crippen MR) is 86.3 cm³/mol. The molecule has 0 amide bonds. The number of nitrogens with zero attached hydrogens (tertiary/aromatic N) is 2. The topological polar surface area (TPSA) is 59.8 Å². The van der Waals surface area contributed by atoms with E-state index in [-0.39, 0.29) is 17.6 Å². The monoisotopic (exact) mass is 297 g/mol. The quantitative estimate of drug-likeness (QED) is 0.921. The maximum absolute atomic E-state index is 12.3. The van der Waals surface area contributed by atoms with Gasteiger partial charge in [0.15, 0.2) is 0 Å². The SMILES string of the molecule is Cc1ccc(C)c([C@H]2C=CC=C[C@@H]2n2[nH]c(=O)n(C)c2=O)c1. The van der Waals surface area contributed by atoms with E-state index >= 15 is 0 Å². The number of aromatic nitrogens is 3. The second kappa shape index (κ2) is 5.33. The van der Waals surface area contributed by atoms with Crippen LogP contribution in [0.15, 0.2) is 52.1 Å². The molecule has 1 aliphatic rings. The van der Waals surface area contributed by atoms with Crippen LogP contribution in [0.25, 0.3) is 0 Å². The Balaban J connectivity index is 2.14. The molecule has 1 N–H and O–H groups in total. The van der Waals surface area contributed by atoms with Crippen LogP contribution in [-0.4, -0.2) is 14.3 Å². The van der Waals surface area contributed by atoms with Crippen molar-refractivity contribution < 1.29 is 0 Å². The zero-order valence-electron chi connectivity index (χ0n) is 12.9. The van der Waals surface area contributed by atoms with Crippen LogP contribution < -0.4 is 11.4 Å². The van der Waals surface area contributed by atoms with Crippen LogP contribution in [0.5, 0.6) is 0 Å². The maximum Gasteiger partial charge on any atom is 0.347 e. The first-order valence-electron chi connectivity index (χ1n) is 7.28. The molecule has 0 radical (unpaired) electrons. The molecule has 5 nitrogen and oxygen atoms in total. The van der Waals surface area contributed by atoms with E-state index in [0.717, 1.165) is 4.57 Å². The zero-order chi connectivity index (χ0) is 15.9. The second-order valence-corrected chi connectivity index (χ2v) is 5.77. The van der Waals surface area contributed by atoms with Crippen molar-refractivity contribution in [3.05, 3.63) is 80.2 Å². The van der Waals surface area contributed by atoms with E-state index in [2.05, 4.69) is 43.2 Å². The highest BCUT2D eigenvalue weighted by molar-refractivity contribution is 5.39. The van der Waals surface area contributed by atoms with Gasteiger partial charge < -0.3 is 0 Å². The molecule has 1 aromatic carbocycles. The molecule has 3 rings (SSSR count). The molecule has 0 saturated heterocycles. The van der Waals surface area contributed by atoms with Crippen LogP contribution in [0, 0.1) is 13.8 Å². The van der Waals surface area contributed by atoms with Crippen LogP contribution in [0.1, 0.15) is 28.7 Å². The minimum absolute atomic E-state index is 0.0145. The summed E-state index contributed by atoms with van der Waals surface area (Å²) in [5.41, 5.74) is 2.79. The first kappa shape index (κ1) is 14.4. The summed E-state index contributed by atoms with van der Waals surface area (Å²) < 4.78 is 2.50. The van der Waals surface area contributed by atoms with Gasteiger partial charge in [-0.25, -0.2) is 23.9 Å². The summed E-state index contributed by atoms with van der Waals surface area (Å²) in [6.07, 6.45) is 7.91. The molecule has 22 heavy (non-hydrogen) atoms. The zero-order valence-corrected chi connectivity index (χ0v) is 12.9. The third kappa shape index (κ3) is 2.28. The molecule has 2 atom stereocenters. The lowest BCUT2D eigenvalue weighted by Gasteiger charge is -2.26. The largest absolute Gasteiger partial charge is 0.347 e. The minimum atomic E-state index is -0.396. The van der Waals surface area contributed by atoms with Gasteiger partial charge in [-0.05, 0) is 25.0 Å². The normalized spacial score (nSPS) is 20.5. The smallest absolute Gasteiger partial charge is 0.246 e. The number of aromatic amines is 1. The Morgan fingerprint density at radius 3 is 2.50 bits per heavy atom. The van der Waals surface area contributed by atoms with E-state index in [1.165, 1.54) is 28.4 Å². The number of rotatable bonds is 2. The molecule has 0 saturated carbocycles. The van der Waals surface area contributed by atoms with Crippen LogP contribution in [0.2, 0.25) is 0 Å². The lowest BCUT2D eigenvalue weighted by atomic mass is 9.85. The number of benzene rings is 1. The number of allylic oxidation sites excluding steroid dienone is 4. The summed E-state index contributed by atoms with van der Waals surface area (Å²) in [6.45, 7) is 4.12. The van der Waals surface area contributed by atoms with Gasteiger partial charge in [-0.3, -0.25) is 0 Å². The second-order valence-electron chi connectivity index (χ2n) is 5.77. The average Bonchev–Trinajstić information content (AvgIpc) is 2.77. The Hall–Kier alpha value is -2.56. The first-order chi connectivity index (χ1) is 10.5. The highest BCUT2D eigenvalue weighted by atomic mass is 16.2. The van der Waals surface area contributed by atoms with Crippen molar-refractivity contribution in [2.45, 2.75) is 25.8 Å². The minimum Gasteiger partial charge on any atom is -0.246 e. The van der Waals surface area contributed by atoms with Crippen LogP contribution in [0.3, 0.4) is 0 Å². The molecule has 0 unspecified atom stereocenters. The van der Waals surface area contributed by atoms with Crippen molar-refractivity contribution >= 4 is 0 Å². The van der Waals surface area contributed by atoms with E-state index in [1.54, 1.807) is 0 Å². The molecule has 0 aliphatic heterocycles. The van der Waals surface area contributed by atoms with Gasteiger partial charge in [0.25, 0.3) is 0 Å². The van der Waals surface area contributed by atoms with Crippen molar-refractivity contribution in [2.24, 2.45) is 7.05 Å². The maximum atomic E-state index is 12.3. The number of hydrogen-bond acceptors (Lipinski definition) is 2. The highest BCUT2D eigenvalue weighted by Crippen LogP contribution is 2.34. The number of H-pyrrole nitrogens is 1.